The average molecular weight is 356 g/mol. The summed E-state index contributed by atoms with van der Waals surface area (Å²) in [5.41, 5.74) is 2.17. The maximum atomic E-state index is 9.57. The summed E-state index contributed by atoms with van der Waals surface area (Å²) in [5, 5.41) is 13.2. The van der Waals surface area contributed by atoms with Gasteiger partial charge in [-0.05, 0) is 42.5 Å². The molecule has 2 aromatic rings. The third kappa shape index (κ3) is 4.96. The molecule has 26 heavy (non-hydrogen) atoms. The summed E-state index contributed by atoms with van der Waals surface area (Å²) in [6.45, 7) is 1.48. The van der Waals surface area contributed by atoms with Crippen molar-refractivity contribution in [1.82, 2.24) is 10.3 Å². The predicted octanol–water partition coefficient (Wildman–Crippen LogP) is 3.31. The summed E-state index contributed by atoms with van der Waals surface area (Å²) in [4.78, 5) is 4.11. The molecule has 0 spiro atoms. The summed E-state index contributed by atoms with van der Waals surface area (Å²) in [6.07, 6.45) is 8.24. The van der Waals surface area contributed by atoms with E-state index < -0.39 is 0 Å². The molecule has 0 unspecified atom stereocenters. The zero-order chi connectivity index (χ0) is 18.2. The molecule has 2 atom stereocenters. The zero-order valence-corrected chi connectivity index (χ0v) is 15.4. The lowest BCUT2D eigenvalue weighted by Gasteiger charge is -2.31. The van der Waals surface area contributed by atoms with Crippen LogP contribution in [0, 0.1) is 5.92 Å². The number of benzene rings is 1. The van der Waals surface area contributed by atoms with Crippen LogP contribution in [0.25, 0.3) is 0 Å². The third-order valence-corrected chi connectivity index (χ3v) is 5.06. The van der Waals surface area contributed by atoms with Crippen molar-refractivity contribution in [2.75, 3.05) is 13.7 Å². The van der Waals surface area contributed by atoms with E-state index >= 15 is 0 Å². The van der Waals surface area contributed by atoms with Gasteiger partial charge in [-0.15, -0.1) is 0 Å². The van der Waals surface area contributed by atoms with Crippen LogP contribution in [0.2, 0.25) is 0 Å². The summed E-state index contributed by atoms with van der Waals surface area (Å²) in [7, 11) is 1.65. The number of methoxy groups -OCH3 is 1. The summed E-state index contributed by atoms with van der Waals surface area (Å²) >= 11 is 0. The first-order chi connectivity index (χ1) is 12.8. The molecule has 0 bridgehead atoms. The Labute approximate surface area is 155 Å². The molecule has 1 aliphatic rings. The van der Waals surface area contributed by atoms with Gasteiger partial charge in [-0.2, -0.15) is 0 Å². The summed E-state index contributed by atoms with van der Waals surface area (Å²) in [5.74, 6) is 1.82. The van der Waals surface area contributed by atoms with Crippen LogP contribution < -0.4 is 14.8 Å². The summed E-state index contributed by atoms with van der Waals surface area (Å²) in [6, 6.07) is 10.3. The van der Waals surface area contributed by atoms with Crippen molar-refractivity contribution in [2.24, 2.45) is 5.92 Å². The molecule has 1 aliphatic carbocycles. The second kappa shape index (κ2) is 9.55. The van der Waals surface area contributed by atoms with Crippen molar-refractivity contribution in [3.63, 3.8) is 0 Å². The first-order valence-corrected chi connectivity index (χ1v) is 9.33. The normalized spacial score (nSPS) is 19.9. The number of ether oxygens (including phenoxy) is 2. The highest BCUT2D eigenvalue weighted by Gasteiger charge is 2.23. The number of nitrogens with zero attached hydrogens (tertiary/aromatic N) is 1. The number of hydrogen-bond acceptors (Lipinski definition) is 5. The Hall–Kier alpha value is -2.11. The molecule has 0 radical (unpaired) electrons. The third-order valence-electron chi connectivity index (χ3n) is 5.06. The van der Waals surface area contributed by atoms with Gasteiger partial charge in [-0.25, -0.2) is 0 Å². The Bertz CT molecular complexity index is 678. The maximum Gasteiger partial charge on any atom is 0.161 e. The van der Waals surface area contributed by atoms with Crippen LogP contribution in [-0.2, 0) is 13.2 Å². The van der Waals surface area contributed by atoms with E-state index in [1.165, 1.54) is 12.8 Å². The number of aliphatic hydroxyl groups is 1. The number of aromatic nitrogens is 1. The lowest BCUT2D eigenvalue weighted by Crippen LogP contribution is -2.39. The Morgan fingerprint density at radius 3 is 2.81 bits per heavy atom. The molecule has 3 rings (SSSR count). The van der Waals surface area contributed by atoms with Crippen LogP contribution in [0.5, 0.6) is 11.5 Å². The highest BCUT2D eigenvalue weighted by Crippen LogP contribution is 2.29. The molecule has 1 aromatic heterocycles. The molecule has 140 valence electrons. The van der Waals surface area contributed by atoms with Crippen molar-refractivity contribution in [2.45, 2.75) is 44.9 Å². The van der Waals surface area contributed by atoms with E-state index in [-0.39, 0.29) is 6.61 Å². The van der Waals surface area contributed by atoms with E-state index in [1.54, 1.807) is 19.5 Å². The van der Waals surface area contributed by atoms with Crippen molar-refractivity contribution in [1.29, 1.82) is 0 Å². The second-order valence-corrected chi connectivity index (χ2v) is 6.85. The van der Waals surface area contributed by atoms with Crippen molar-refractivity contribution < 1.29 is 14.6 Å². The standard InChI is InChI=1S/C21H28N2O3/c1-25-20-9-8-16(13-23-19-7-3-2-6-18(19)14-24)11-21(20)26-15-17-5-4-10-22-12-17/h4-5,8-12,18-19,23-24H,2-3,6-7,13-15H2,1H3/t18-,19-/m0/s1. The quantitative estimate of drug-likeness (QED) is 0.760. The molecule has 1 aromatic carbocycles. The van der Waals surface area contributed by atoms with Gasteiger partial charge in [0.1, 0.15) is 6.61 Å². The molecule has 5 nitrogen and oxygen atoms in total. The van der Waals surface area contributed by atoms with E-state index in [0.717, 1.165) is 42.0 Å². The van der Waals surface area contributed by atoms with Gasteiger partial charge in [-0.3, -0.25) is 4.98 Å². The maximum absolute atomic E-state index is 9.57. The summed E-state index contributed by atoms with van der Waals surface area (Å²) < 4.78 is 11.4. The van der Waals surface area contributed by atoms with Crippen LogP contribution in [0.15, 0.2) is 42.7 Å². The number of rotatable bonds is 8. The van der Waals surface area contributed by atoms with Crippen LogP contribution in [0.1, 0.15) is 36.8 Å². The molecule has 1 saturated carbocycles. The van der Waals surface area contributed by atoms with Gasteiger partial charge >= 0.3 is 0 Å². The van der Waals surface area contributed by atoms with Gasteiger partial charge < -0.3 is 19.9 Å². The highest BCUT2D eigenvalue weighted by atomic mass is 16.5. The molecule has 0 saturated heterocycles. The van der Waals surface area contributed by atoms with Crippen molar-refractivity contribution in [3.05, 3.63) is 53.9 Å². The number of pyridine rings is 1. The first kappa shape index (κ1) is 18.7. The number of nitrogens with one attached hydrogen (secondary N) is 1. The molecule has 5 heteroatoms. The van der Waals surface area contributed by atoms with Crippen molar-refractivity contribution >= 4 is 0 Å². The molecular weight excluding hydrogens is 328 g/mol. The lowest BCUT2D eigenvalue weighted by molar-refractivity contribution is 0.152. The largest absolute Gasteiger partial charge is 0.493 e. The van der Waals surface area contributed by atoms with Gasteiger partial charge in [0.05, 0.1) is 7.11 Å². The van der Waals surface area contributed by atoms with Crippen LogP contribution >= 0.6 is 0 Å². The number of aliphatic hydroxyl groups excluding tert-OH is 1. The minimum Gasteiger partial charge on any atom is -0.493 e. The molecular formula is C21H28N2O3. The monoisotopic (exact) mass is 356 g/mol. The Morgan fingerprint density at radius 2 is 2.04 bits per heavy atom. The van der Waals surface area contributed by atoms with Crippen LogP contribution in [-0.4, -0.2) is 29.8 Å². The fraction of sp³-hybridized carbons (Fsp3) is 0.476. The predicted molar refractivity (Wildman–Crippen MR) is 101 cm³/mol. The Kier molecular flexibility index (Phi) is 6.86. The van der Waals surface area contributed by atoms with Gasteiger partial charge in [0.2, 0.25) is 0 Å². The Balaban J connectivity index is 1.62. The SMILES string of the molecule is COc1ccc(CN[C@H]2CCCC[C@H]2CO)cc1OCc1cccnc1. The van der Waals surface area contributed by atoms with Gasteiger partial charge in [0.25, 0.3) is 0 Å². The Morgan fingerprint density at radius 1 is 1.15 bits per heavy atom. The fourth-order valence-electron chi connectivity index (χ4n) is 3.53. The van der Waals surface area contributed by atoms with Crippen LogP contribution in [0.3, 0.4) is 0 Å². The molecule has 0 aliphatic heterocycles. The van der Waals surface area contributed by atoms with Gasteiger partial charge in [-0.1, -0.05) is 25.0 Å². The van der Waals surface area contributed by atoms with Gasteiger partial charge in [0.15, 0.2) is 11.5 Å². The van der Waals surface area contributed by atoms with E-state index in [0.29, 0.717) is 18.6 Å². The molecule has 0 amide bonds. The minimum atomic E-state index is 0.264. The van der Waals surface area contributed by atoms with Gasteiger partial charge in [0, 0.05) is 37.2 Å². The average Bonchev–Trinajstić information content (AvgIpc) is 2.71. The van der Waals surface area contributed by atoms with E-state index in [9.17, 15) is 5.11 Å². The van der Waals surface area contributed by atoms with E-state index in [1.807, 2.05) is 24.3 Å². The highest BCUT2D eigenvalue weighted by molar-refractivity contribution is 5.43. The van der Waals surface area contributed by atoms with Crippen molar-refractivity contribution in [3.8, 4) is 11.5 Å². The minimum absolute atomic E-state index is 0.264. The van der Waals surface area contributed by atoms with E-state index in [4.69, 9.17) is 9.47 Å². The fourth-order valence-corrected chi connectivity index (χ4v) is 3.53. The zero-order valence-electron chi connectivity index (χ0n) is 15.4. The van der Waals surface area contributed by atoms with Crippen LogP contribution in [0.4, 0.5) is 0 Å². The molecule has 1 heterocycles. The molecule has 1 fully saturated rings. The topological polar surface area (TPSA) is 63.6 Å². The molecule has 2 N–H and O–H groups in total. The first-order valence-electron chi connectivity index (χ1n) is 9.33. The smallest absolute Gasteiger partial charge is 0.161 e. The van der Waals surface area contributed by atoms with E-state index in [2.05, 4.69) is 16.4 Å². The number of hydrogen-bond donors (Lipinski definition) is 2. The lowest BCUT2D eigenvalue weighted by atomic mass is 9.85. The second-order valence-electron chi connectivity index (χ2n) is 6.85.